The molecular weight excluding hydrogens is 304 g/mol. The molecular formula is C14H18N4O3S. The molecule has 22 heavy (non-hydrogen) atoms. The van der Waals surface area contributed by atoms with E-state index in [-0.39, 0.29) is 11.9 Å². The average molecular weight is 322 g/mol. The zero-order valence-electron chi connectivity index (χ0n) is 12.6. The van der Waals surface area contributed by atoms with Crippen molar-refractivity contribution in [3.63, 3.8) is 0 Å². The minimum absolute atomic E-state index is 0.0114. The van der Waals surface area contributed by atoms with Gasteiger partial charge in [-0.3, -0.25) is 14.9 Å². The summed E-state index contributed by atoms with van der Waals surface area (Å²) in [6, 6.07) is 3.55. The normalized spacial score (nSPS) is 12.2. The van der Waals surface area contributed by atoms with Crippen LogP contribution in [0.3, 0.4) is 0 Å². The summed E-state index contributed by atoms with van der Waals surface area (Å²) in [6.07, 6.45) is 0. The van der Waals surface area contributed by atoms with Crippen molar-refractivity contribution in [2.24, 2.45) is 0 Å². The Hall–Kier alpha value is -2.19. The van der Waals surface area contributed by atoms with Crippen molar-refractivity contribution in [2.75, 3.05) is 26.0 Å². The zero-order chi connectivity index (χ0) is 16.1. The summed E-state index contributed by atoms with van der Waals surface area (Å²) >= 11 is 1.59. The van der Waals surface area contributed by atoms with E-state index in [1.807, 2.05) is 35.8 Å². The van der Waals surface area contributed by atoms with Gasteiger partial charge < -0.3 is 14.7 Å². The number of nitrogens with zero attached hydrogens (tertiary/aromatic N) is 2. The topological polar surface area (TPSA) is 87.5 Å². The van der Waals surface area contributed by atoms with Gasteiger partial charge in [0.1, 0.15) is 5.76 Å². The predicted molar refractivity (Wildman–Crippen MR) is 83.6 cm³/mol. The van der Waals surface area contributed by atoms with Crippen LogP contribution in [-0.4, -0.2) is 42.5 Å². The number of amides is 2. The van der Waals surface area contributed by atoms with Crippen molar-refractivity contribution in [3.8, 4) is 0 Å². The minimum Gasteiger partial charge on any atom is -0.360 e. The number of nitrogens with one attached hydrogen (secondary N) is 2. The fraction of sp³-hybridized carbons (Fsp3) is 0.357. The first-order chi connectivity index (χ1) is 10.5. The van der Waals surface area contributed by atoms with E-state index in [0.29, 0.717) is 12.3 Å². The predicted octanol–water partition coefficient (Wildman–Crippen LogP) is 1.40. The second-order valence-electron chi connectivity index (χ2n) is 5.02. The maximum Gasteiger partial charge on any atom is 0.314 e. The van der Waals surface area contributed by atoms with E-state index in [1.165, 1.54) is 0 Å². The maximum atomic E-state index is 11.9. The highest BCUT2D eigenvalue weighted by Crippen LogP contribution is 2.19. The van der Waals surface area contributed by atoms with E-state index in [4.69, 9.17) is 4.52 Å². The first-order valence-electron chi connectivity index (χ1n) is 6.68. The minimum atomic E-state index is -0.767. The number of aryl methyl sites for hydroxylation is 1. The summed E-state index contributed by atoms with van der Waals surface area (Å²) < 4.78 is 4.82. The SMILES string of the molecule is Cc1cc(NC(=O)C(=O)NC[C@@H](c2ccsc2)N(C)C)no1. The lowest BCUT2D eigenvalue weighted by atomic mass is 10.1. The van der Waals surface area contributed by atoms with Crippen LogP contribution in [0.25, 0.3) is 0 Å². The summed E-state index contributed by atoms with van der Waals surface area (Å²) in [5.41, 5.74) is 1.10. The number of likely N-dealkylation sites (N-methyl/N-ethyl adjacent to an activating group) is 1. The van der Waals surface area contributed by atoms with Gasteiger partial charge >= 0.3 is 11.8 Å². The number of carbonyl (C=O) groups is 2. The molecule has 2 amide bonds. The maximum absolute atomic E-state index is 11.9. The van der Waals surface area contributed by atoms with Crippen LogP contribution in [-0.2, 0) is 9.59 Å². The third-order valence-electron chi connectivity index (χ3n) is 3.08. The molecule has 2 rings (SSSR count). The van der Waals surface area contributed by atoms with Gasteiger partial charge in [-0.2, -0.15) is 11.3 Å². The molecule has 0 spiro atoms. The van der Waals surface area contributed by atoms with Crippen molar-refractivity contribution in [1.29, 1.82) is 0 Å². The largest absolute Gasteiger partial charge is 0.360 e. The number of aromatic nitrogens is 1. The molecule has 0 fully saturated rings. The Morgan fingerprint density at radius 3 is 2.73 bits per heavy atom. The molecule has 0 aliphatic carbocycles. The monoisotopic (exact) mass is 322 g/mol. The molecule has 2 heterocycles. The van der Waals surface area contributed by atoms with Crippen molar-refractivity contribution in [3.05, 3.63) is 34.2 Å². The number of hydrogen-bond donors (Lipinski definition) is 2. The van der Waals surface area contributed by atoms with E-state index < -0.39 is 11.8 Å². The van der Waals surface area contributed by atoms with Gasteiger partial charge in [0.05, 0.1) is 6.04 Å². The summed E-state index contributed by atoms with van der Waals surface area (Å²) in [7, 11) is 3.85. The molecule has 0 aliphatic heterocycles. The number of thiophene rings is 1. The zero-order valence-corrected chi connectivity index (χ0v) is 13.4. The summed E-state index contributed by atoms with van der Waals surface area (Å²) in [4.78, 5) is 25.6. The molecule has 2 aromatic rings. The standard InChI is InChI=1S/C14H18N4O3S/c1-9-6-12(17-21-9)16-14(20)13(19)15-7-11(18(2)3)10-4-5-22-8-10/h4-6,8,11H,7H2,1-3H3,(H,15,19)(H,16,17,20)/t11-/m0/s1. The smallest absolute Gasteiger partial charge is 0.314 e. The molecule has 0 aliphatic rings. The van der Waals surface area contributed by atoms with Crippen LogP contribution < -0.4 is 10.6 Å². The van der Waals surface area contributed by atoms with Crippen molar-refractivity contribution >= 4 is 29.0 Å². The van der Waals surface area contributed by atoms with Crippen LogP contribution >= 0.6 is 11.3 Å². The fourth-order valence-corrected chi connectivity index (χ4v) is 2.64. The fourth-order valence-electron chi connectivity index (χ4n) is 1.93. The highest BCUT2D eigenvalue weighted by molar-refractivity contribution is 7.07. The van der Waals surface area contributed by atoms with E-state index in [9.17, 15) is 9.59 Å². The van der Waals surface area contributed by atoms with Crippen molar-refractivity contribution in [1.82, 2.24) is 15.4 Å². The third-order valence-corrected chi connectivity index (χ3v) is 3.78. The number of anilines is 1. The van der Waals surface area contributed by atoms with Gasteiger partial charge in [-0.15, -0.1) is 0 Å². The first-order valence-corrected chi connectivity index (χ1v) is 7.62. The summed E-state index contributed by atoms with van der Waals surface area (Å²) in [5.74, 6) is -0.695. The molecule has 0 saturated carbocycles. The quantitative estimate of drug-likeness (QED) is 0.813. The van der Waals surface area contributed by atoms with Crippen LogP contribution in [0.5, 0.6) is 0 Å². The van der Waals surface area contributed by atoms with Crippen LogP contribution in [0.1, 0.15) is 17.4 Å². The highest BCUT2D eigenvalue weighted by atomic mass is 32.1. The highest BCUT2D eigenvalue weighted by Gasteiger charge is 2.19. The van der Waals surface area contributed by atoms with E-state index >= 15 is 0 Å². The Kier molecular flexibility index (Phi) is 5.29. The lowest BCUT2D eigenvalue weighted by Gasteiger charge is -2.23. The van der Waals surface area contributed by atoms with Crippen LogP contribution in [0.2, 0.25) is 0 Å². The van der Waals surface area contributed by atoms with Crippen molar-refractivity contribution in [2.45, 2.75) is 13.0 Å². The molecule has 8 heteroatoms. The first kappa shape index (κ1) is 16.2. The lowest BCUT2D eigenvalue weighted by Crippen LogP contribution is -2.40. The average Bonchev–Trinajstić information content (AvgIpc) is 3.10. The van der Waals surface area contributed by atoms with Gasteiger partial charge in [0.25, 0.3) is 0 Å². The molecule has 118 valence electrons. The number of rotatable bonds is 5. The number of hydrogen-bond acceptors (Lipinski definition) is 6. The molecule has 0 unspecified atom stereocenters. The van der Waals surface area contributed by atoms with Gasteiger partial charge in [0.15, 0.2) is 5.82 Å². The lowest BCUT2D eigenvalue weighted by molar-refractivity contribution is -0.136. The Balaban J connectivity index is 1.89. The Morgan fingerprint density at radius 2 is 2.18 bits per heavy atom. The Bertz CT molecular complexity index is 636. The second kappa shape index (κ2) is 7.19. The van der Waals surface area contributed by atoms with Gasteiger partial charge in [-0.1, -0.05) is 5.16 Å². The van der Waals surface area contributed by atoms with Crippen LogP contribution in [0, 0.1) is 6.92 Å². The van der Waals surface area contributed by atoms with E-state index in [2.05, 4.69) is 15.8 Å². The molecule has 1 atom stereocenters. The van der Waals surface area contributed by atoms with Crippen LogP contribution in [0.4, 0.5) is 5.82 Å². The number of carbonyl (C=O) groups excluding carboxylic acids is 2. The van der Waals surface area contributed by atoms with E-state index in [1.54, 1.807) is 24.3 Å². The van der Waals surface area contributed by atoms with E-state index in [0.717, 1.165) is 5.56 Å². The van der Waals surface area contributed by atoms with Crippen LogP contribution in [0.15, 0.2) is 27.4 Å². The van der Waals surface area contributed by atoms with Gasteiger partial charge in [0.2, 0.25) is 0 Å². The molecule has 2 aromatic heterocycles. The summed E-state index contributed by atoms with van der Waals surface area (Å²) in [5, 5.41) is 12.6. The molecule has 2 N–H and O–H groups in total. The molecule has 0 bridgehead atoms. The van der Waals surface area contributed by atoms with Gasteiger partial charge in [-0.05, 0) is 43.4 Å². The third kappa shape index (κ3) is 4.15. The molecule has 0 saturated heterocycles. The second-order valence-corrected chi connectivity index (χ2v) is 5.80. The van der Waals surface area contributed by atoms with Gasteiger partial charge in [0, 0.05) is 12.6 Å². The molecule has 0 aromatic carbocycles. The van der Waals surface area contributed by atoms with Crippen molar-refractivity contribution < 1.29 is 14.1 Å². The molecule has 7 nitrogen and oxygen atoms in total. The Morgan fingerprint density at radius 1 is 1.41 bits per heavy atom. The molecule has 0 radical (unpaired) electrons. The van der Waals surface area contributed by atoms with Gasteiger partial charge in [-0.25, -0.2) is 0 Å². The Labute approximate surface area is 132 Å². The summed E-state index contributed by atoms with van der Waals surface area (Å²) in [6.45, 7) is 2.04.